The van der Waals surface area contributed by atoms with Crippen LogP contribution in [0.3, 0.4) is 0 Å². The van der Waals surface area contributed by atoms with Crippen molar-refractivity contribution in [3.8, 4) is 11.5 Å². The van der Waals surface area contributed by atoms with Crippen LogP contribution in [0, 0.1) is 27.7 Å². The van der Waals surface area contributed by atoms with E-state index in [0.717, 1.165) is 16.9 Å². The standard InChI is InChI=1S/C19H25NO4S/c1-13-8-14(2)10-18(9-13)24-7-6-20-25(21,22)19-15(3)11-17(23-5)12-16(19)4/h8-12,20H,6-7H2,1-5H3. The molecule has 0 heterocycles. The first-order valence-corrected chi connectivity index (χ1v) is 9.57. The molecule has 0 saturated carbocycles. The van der Waals surface area contributed by atoms with Crippen molar-refractivity contribution in [2.45, 2.75) is 32.6 Å². The molecule has 0 saturated heterocycles. The topological polar surface area (TPSA) is 64.6 Å². The van der Waals surface area contributed by atoms with Crippen molar-refractivity contribution < 1.29 is 17.9 Å². The molecule has 136 valence electrons. The second-order valence-corrected chi connectivity index (χ2v) is 7.86. The number of ether oxygens (including phenoxy) is 2. The molecule has 1 N–H and O–H groups in total. The summed E-state index contributed by atoms with van der Waals surface area (Å²) < 4.78 is 38.6. The summed E-state index contributed by atoms with van der Waals surface area (Å²) in [5.41, 5.74) is 3.53. The van der Waals surface area contributed by atoms with Gasteiger partial charge < -0.3 is 9.47 Å². The molecule has 2 rings (SSSR count). The molecule has 0 aliphatic heterocycles. The molecule has 0 unspecified atom stereocenters. The van der Waals surface area contributed by atoms with Gasteiger partial charge in [0.1, 0.15) is 18.1 Å². The fourth-order valence-electron chi connectivity index (χ4n) is 2.89. The van der Waals surface area contributed by atoms with Crippen LogP contribution >= 0.6 is 0 Å². The molecule has 2 aromatic carbocycles. The highest BCUT2D eigenvalue weighted by Crippen LogP contribution is 2.25. The molecule has 6 heteroatoms. The van der Waals surface area contributed by atoms with E-state index in [-0.39, 0.29) is 13.2 Å². The number of hydrogen-bond donors (Lipinski definition) is 1. The highest BCUT2D eigenvalue weighted by Gasteiger charge is 2.20. The SMILES string of the molecule is COc1cc(C)c(S(=O)(=O)NCCOc2cc(C)cc(C)c2)c(C)c1. The van der Waals surface area contributed by atoms with Gasteiger partial charge in [-0.3, -0.25) is 0 Å². The van der Waals surface area contributed by atoms with Crippen LogP contribution < -0.4 is 14.2 Å². The quantitative estimate of drug-likeness (QED) is 0.767. The maximum absolute atomic E-state index is 12.6. The van der Waals surface area contributed by atoms with Crippen molar-refractivity contribution in [1.82, 2.24) is 4.72 Å². The van der Waals surface area contributed by atoms with Crippen LogP contribution in [0.15, 0.2) is 35.2 Å². The Morgan fingerprint density at radius 2 is 1.44 bits per heavy atom. The van der Waals surface area contributed by atoms with Crippen LogP contribution in [0.1, 0.15) is 22.3 Å². The summed E-state index contributed by atoms with van der Waals surface area (Å²) in [5, 5.41) is 0. The summed E-state index contributed by atoms with van der Waals surface area (Å²) in [4.78, 5) is 0.291. The molecule has 25 heavy (non-hydrogen) atoms. The van der Waals surface area contributed by atoms with Crippen molar-refractivity contribution >= 4 is 10.0 Å². The van der Waals surface area contributed by atoms with Crippen LogP contribution in [-0.4, -0.2) is 28.7 Å². The molecule has 0 aliphatic rings. The van der Waals surface area contributed by atoms with Gasteiger partial charge in [0.2, 0.25) is 10.0 Å². The first-order chi connectivity index (χ1) is 11.7. The number of aryl methyl sites for hydroxylation is 4. The molecular formula is C19H25NO4S. The maximum Gasteiger partial charge on any atom is 0.241 e. The third kappa shape index (κ3) is 4.96. The van der Waals surface area contributed by atoms with Gasteiger partial charge in [0, 0.05) is 6.54 Å². The van der Waals surface area contributed by atoms with Gasteiger partial charge >= 0.3 is 0 Å². The average molecular weight is 363 g/mol. The lowest BCUT2D eigenvalue weighted by atomic mass is 10.1. The van der Waals surface area contributed by atoms with Gasteiger partial charge in [0.05, 0.1) is 12.0 Å². The average Bonchev–Trinajstić information content (AvgIpc) is 2.49. The van der Waals surface area contributed by atoms with E-state index in [0.29, 0.717) is 21.8 Å². The molecule has 0 aromatic heterocycles. The zero-order chi connectivity index (χ0) is 18.6. The third-order valence-corrected chi connectivity index (χ3v) is 5.56. The van der Waals surface area contributed by atoms with Crippen LogP contribution in [0.5, 0.6) is 11.5 Å². The number of nitrogens with one attached hydrogen (secondary N) is 1. The predicted octanol–water partition coefficient (Wildman–Crippen LogP) is 3.29. The molecule has 0 bridgehead atoms. The van der Waals surface area contributed by atoms with E-state index in [1.807, 2.05) is 26.0 Å². The molecule has 0 atom stereocenters. The minimum absolute atomic E-state index is 0.195. The lowest BCUT2D eigenvalue weighted by Gasteiger charge is -2.14. The number of methoxy groups -OCH3 is 1. The van der Waals surface area contributed by atoms with Gasteiger partial charge in [-0.05, 0) is 74.2 Å². The van der Waals surface area contributed by atoms with E-state index < -0.39 is 10.0 Å². The Labute approximate surface area is 150 Å². The number of hydrogen-bond acceptors (Lipinski definition) is 4. The van der Waals surface area contributed by atoms with Crippen LogP contribution in [0.2, 0.25) is 0 Å². The summed E-state index contributed by atoms with van der Waals surface area (Å²) in [5.74, 6) is 1.39. The number of benzene rings is 2. The zero-order valence-electron chi connectivity index (χ0n) is 15.3. The minimum Gasteiger partial charge on any atom is -0.497 e. The normalized spacial score (nSPS) is 11.4. The van der Waals surface area contributed by atoms with E-state index in [4.69, 9.17) is 9.47 Å². The Morgan fingerprint density at radius 1 is 0.880 bits per heavy atom. The molecule has 0 amide bonds. The highest BCUT2D eigenvalue weighted by molar-refractivity contribution is 7.89. The first kappa shape index (κ1) is 19.3. The Kier molecular flexibility index (Phi) is 6.08. The molecule has 0 fully saturated rings. The highest BCUT2D eigenvalue weighted by atomic mass is 32.2. The molecule has 0 aliphatic carbocycles. The van der Waals surface area contributed by atoms with Crippen molar-refractivity contribution in [2.75, 3.05) is 20.3 Å². The molecule has 2 aromatic rings. The second-order valence-electron chi connectivity index (χ2n) is 6.16. The number of rotatable bonds is 7. The summed E-state index contributed by atoms with van der Waals surface area (Å²) >= 11 is 0. The van der Waals surface area contributed by atoms with E-state index in [1.54, 1.807) is 33.1 Å². The lowest BCUT2D eigenvalue weighted by molar-refractivity contribution is 0.322. The van der Waals surface area contributed by atoms with Gasteiger partial charge in [-0.1, -0.05) is 6.07 Å². The summed E-state index contributed by atoms with van der Waals surface area (Å²) in [6.45, 7) is 7.97. The Morgan fingerprint density at radius 3 is 1.96 bits per heavy atom. The van der Waals surface area contributed by atoms with E-state index >= 15 is 0 Å². The van der Waals surface area contributed by atoms with Crippen LogP contribution in [0.4, 0.5) is 0 Å². The zero-order valence-corrected chi connectivity index (χ0v) is 16.2. The summed E-state index contributed by atoms with van der Waals surface area (Å²) in [6, 6.07) is 9.35. The Bertz CT molecular complexity index is 816. The summed E-state index contributed by atoms with van der Waals surface area (Å²) in [7, 11) is -2.04. The van der Waals surface area contributed by atoms with Crippen molar-refractivity contribution in [3.05, 3.63) is 52.6 Å². The monoisotopic (exact) mass is 363 g/mol. The van der Waals surface area contributed by atoms with Crippen molar-refractivity contribution in [3.63, 3.8) is 0 Å². The maximum atomic E-state index is 12.6. The van der Waals surface area contributed by atoms with Crippen molar-refractivity contribution in [2.24, 2.45) is 0 Å². The fraction of sp³-hybridized carbons (Fsp3) is 0.368. The Balaban J connectivity index is 2.02. The third-order valence-electron chi connectivity index (χ3n) is 3.80. The van der Waals surface area contributed by atoms with Crippen LogP contribution in [-0.2, 0) is 10.0 Å². The largest absolute Gasteiger partial charge is 0.497 e. The lowest BCUT2D eigenvalue weighted by Crippen LogP contribution is -2.29. The second kappa shape index (κ2) is 7.89. The smallest absolute Gasteiger partial charge is 0.241 e. The molecule has 5 nitrogen and oxygen atoms in total. The van der Waals surface area contributed by atoms with Gasteiger partial charge in [0.25, 0.3) is 0 Å². The predicted molar refractivity (Wildman–Crippen MR) is 99.1 cm³/mol. The first-order valence-electron chi connectivity index (χ1n) is 8.09. The molecule has 0 radical (unpaired) electrons. The van der Waals surface area contributed by atoms with Gasteiger partial charge in [-0.25, -0.2) is 13.1 Å². The Hall–Kier alpha value is -2.05. The molecular weight excluding hydrogens is 338 g/mol. The van der Waals surface area contributed by atoms with E-state index in [1.165, 1.54) is 0 Å². The fourth-order valence-corrected chi connectivity index (χ4v) is 4.35. The van der Waals surface area contributed by atoms with Crippen molar-refractivity contribution in [1.29, 1.82) is 0 Å². The van der Waals surface area contributed by atoms with Gasteiger partial charge in [0.15, 0.2) is 0 Å². The van der Waals surface area contributed by atoms with Crippen LogP contribution in [0.25, 0.3) is 0 Å². The van der Waals surface area contributed by atoms with E-state index in [2.05, 4.69) is 10.8 Å². The van der Waals surface area contributed by atoms with E-state index in [9.17, 15) is 8.42 Å². The minimum atomic E-state index is -3.60. The van der Waals surface area contributed by atoms with Gasteiger partial charge in [-0.2, -0.15) is 0 Å². The summed E-state index contributed by atoms with van der Waals surface area (Å²) in [6.07, 6.45) is 0. The molecule has 0 spiro atoms. The number of sulfonamides is 1. The van der Waals surface area contributed by atoms with Gasteiger partial charge in [-0.15, -0.1) is 0 Å².